The van der Waals surface area contributed by atoms with E-state index in [4.69, 9.17) is 0 Å². The van der Waals surface area contributed by atoms with Gasteiger partial charge in [0.25, 0.3) is 0 Å². The molecule has 0 radical (unpaired) electrons. The van der Waals surface area contributed by atoms with E-state index in [2.05, 4.69) is 34.5 Å². The van der Waals surface area contributed by atoms with E-state index in [0.29, 0.717) is 0 Å². The molecular formula is C7H14IN. The van der Waals surface area contributed by atoms with Crippen LogP contribution in [0, 0.1) is 5.92 Å². The highest BCUT2D eigenvalue weighted by Gasteiger charge is 2.14. The molecule has 0 aromatic rings. The molecule has 9 heavy (non-hydrogen) atoms. The number of halogens is 1. The smallest absolute Gasteiger partial charge is 0.00359 e. The summed E-state index contributed by atoms with van der Waals surface area (Å²) >= 11 is 2.49. The summed E-state index contributed by atoms with van der Waals surface area (Å²) in [5.74, 6) is 0.976. The molecule has 1 aliphatic rings. The van der Waals surface area contributed by atoms with Crippen molar-refractivity contribution < 1.29 is 0 Å². The lowest BCUT2D eigenvalue weighted by molar-refractivity contribution is 0.226. The van der Waals surface area contributed by atoms with Gasteiger partial charge in [0.1, 0.15) is 0 Å². The molecule has 0 N–H and O–H groups in total. The van der Waals surface area contributed by atoms with E-state index >= 15 is 0 Å². The molecule has 54 valence electrons. The number of rotatable bonds is 1. The highest BCUT2D eigenvalue weighted by atomic mass is 127. The minimum atomic E-state index is 0.976. The van der Waals surface area contributed by atoms with Gasteiger partial charge in [-0.05, 0) is 32.4 Å². The van der Waals surface area contributed by atoms with Gasteiger partial charge >= 0.3 is 0 Å². The molecule has 0 aromatic heterocycles. The number of alkyl halides is 1. The van der Waals surface area contributed by atoms with Crippen LogP contribution in [-0.2, 0) is 0 Å². The number of hydrogen-bond acceptors (Lipinski definition) is 1. The fourth-order valence-electron chi connectivity index (χ4n) is 1.40. The lowest BCUT2D eigenvalue weighted by atomic mass is 10.0. The molecule has 0 spiro atoms. The van der Waals surface area contributed by atoms with Crippen molar-refractivity contribution in [2.24, 2.45) is 5.92 Å². The van der Waals surface area contributed by atoms with Gasteiger partial charge in [-0.25, -0.2) is 0 Å². The minimum absolute atomic E-state index is 0.976. The fourth-order valence-corrected chi connectivity index (χ4v) is 2.12. The van der Waals surface area contributed by atoms with Gasteiger partial charge in [0.15, 0.2) is 0 Å². The highest BCUT2D eigenvalue weighted by molar-refractivity contribution is 14.1. The Labute approximate surface area is 70.9 Å². The second-order valence-electron chi connectivity index (χ2n) is 2.92. The second kappa shape index (κ2) is 3.76. The third-order valence-electron chi connectivity index (χ3n) is 1.94. The predicted octanol–water partition coefficient (Wildman–Crippen LogP) is 1.76. The summed E-state index contributed by atoms with van der Waals surface area (Å²) in [6.45, 7) is 2.64. The van der Waals surface area contributed by atoms with Crippen molar-refractivity contribution in [1.29, 1.82) is 0 Å². The summed E-state index contributed by atoms with van der Waals surface area (Å²) in [6.07, 6.45) is 2.86. The quantitative estimate of drug-likeness (QED) is 0.498. The Morgan fingerprint density at radius 2 is 2.44 bits per heavy atom. The van der Waals surface area contributed by atoms with Crippen molar-refractivity contribution in [2.75, 3.05) is 24.6 Å². The normalized spacial score (nSPS) is 30.7. The lowest BCUT2D eigenvalue weighted by Gasteiger charge is -2.28. The zero-order valence-electron chi connectivity index (χ0n) is 5.94. The molecule has 0 saturated carbocycles. The number of likely N-dealkylation sites (tertiary alicyclic amines) is 1. The van der Waals surface area contributed by atoms with Crippen LogP contribution in [0.25, 0.3) is 0 Å². The van der Waals surface area contributed by atoms with Crippen LogP contribution < -0.4 is 0 Å². The molecule has 1 nitrogen and oxygen atoms in total. The molecule has 0 aliphatic carbocycles. The van der Waals surface area contributed by atoms with Crippen LogP contribution in [0.5, 0.6) is 0 Å². The summed E-state index contributed by atoms with van der Waals surface area (Å²) in [5.41, 5.74) is 0. The maximum absolute atomic E-state index is 2.49. The maximum Gasteiger partial charge on any atom is 0.00359 e. The van der Waals surface area contributed by atoms with Crippen molar-refractivity contribution in [3.63, 3.8) is 0 Å². The Hall–Kier alpha value is 0.690. The Kier molecular flexibility index (Phi) is 3.26. The van der Waals surface area contributed by atoms with Gasteiger partial charge in [0, 0.05) is 11.0 Å². The van der Waals surface area contributed by atoms with Gasteiger partial charge in [-0.1, -0.05) is 22.6 Å². The van der Waals surface area contributed by atoms with E-state index in [1.54, 1.807) is 0 Å². The van der Waals surface area contributed by atoms with E-state index in [1.807, 2.05) is 0 Å². The number of nitrogens with zero attached hydrogens (tertiary/aromatic N) is 1. The summed E-state index contributed by atoms with van der Waals surface area (Å²) in [6, 6.07) is 0. The van der Waals surface area contributed by atoms with Crippen LogP contribution in [0.15, 0.2) is 0 Å². The van der Waals surface area contributed by atoms with E-state index in [0.717, 1.165) is 5.92 Å². The zero-order valence-corrected chi connectivity index (χ0v) is 8.10. The zero-order chi connectivity index (χ0) is 6.69. The largest absolute Gasteiger partial charge is 0.306 e. The summed E-state index contributed by atoms with van der Waals surface area (Å²) < 4.78 is 1.34. The maximum atomic E-state index is 2.49. The van der Waals surface area contributed by atoms with E-state index in [-0.39, 0.29) is 0 Å². The summed E-state index contributed by atoms with van der Waals surface area (Å²) in [4.78, 5) is 2.44. The molecule has 0 aromatic carbocycles. The molecule has 1 atom stereocenters. The van der Waals surface area contributed by atoms with Crippen molar-refractivity contribution in [3.05, 3.63) is 0 Å². The molecule has 1 heterocycles. The van der Waals surface area contributed by atoms with Crippen LogP contribution >= 0.6 is 22.6 Å². The van der Waals surface area contributed by atoms with Gasteiger partial charge in [-0.3, -0.25) is 0 Å². The Balaban J connectivity index is 2.23. The van der Waals surface area contributed by atoms with Crippen LogP contribution in [0.1, 0.15) is 12.8 Å². The van der Waals surface area contributed by atoms with Crippen molar-refractivity contribution >= 4 is 22.6 Å². The van der Waals surface area contributed by atoms with Gasteiger partial charge in [-0.2, -0.15) is 0 Å². The van der Waals surface area contributed by atoms with Crippen molar-refractivity contribution in [2.45, 2.75) is 12.8 Å². The molecule has 1 aliphatic heterocycles. The lowest BCUT2D eigenvalue weighted by Crippen LogP contribution is -2.32. The van der Waals surface area contributed by atoms with Crippen LogP contribution in [0.3, 0.4) is 0 Å². The van der Waals surface area contributed by atoms with E-state index in [1.165, 1.54) is 30.4 Å². The van der Waals surface area contributed by atoms with E-state index in [9.17, 15) is 0 Å². The highest BCUT2D eigenvalue weighted by Crippen LogP contribution is 2.16. The standard InChI is InChI=1S/C7H14IN/c1-9-4-2-3-7(5-8)6-9/h7H,2-6H2,1H3/t7-/m0/s1. The van der Waals surface area contributed by atoms with Gasteiger partial charge in [-0.15, -0.1) is 0 Å². The molecule has 0 bridgehead atoms. The topological polar surface area (TPSA) is 3.24 Å². The van der Waals surface area contributed by atoms with Crippen LogP contribution in [0.2, 0.25) is 0 Å². The molecule has 0 unspecified atom stereocenters. The van der Waals surface area contributed by atoms with Crippen LogP contribution in [0.4, 0.5) is 0 Å². The van der Waals surface area contributed by atoms with Crippen molar-refractivity contribution in [1.82, 2.24) is 4.90 Å². The average Bonchev–Trinajstić information content (AvgIpc) is 1.88. The van der Waals surface area contributed by atoms with Gasteiger partial charge in [0.2, 0.25) is 0 Å². The molecule has 1 fully saturated rings. The van der Waals surface area contributed by atoms with Crippen molar-refractivity contribution in [3.8, 4) is 0 Å². The molecular weight excluding hydrogens is 225 g/mol. The first-order valence-electron chi connectivity index (χ1n) is 3.57. The average molecular weight is 239 g/mol. The third kappa shape index (κ3) is 2.42. The minimum Gasteiger partial charge on any atom is -0.306 e. The molecule has 2 heteroatoms. The van der Waals surface area contributed by atoms with E-state index < -0.39 is 0 Å². The first-order valence-corrected chi connectivity index (χ1v) is 5.10. The molecule has 1 saturated heterocycles. The summed E-state index contributed by atoms with van der Waals surface area (Å²) in [7, 11) is 2.22. The van der Waals surface area contributed by atoms with Crippen LogP contribution in [-0.4, -0.2) is 29.5 Å². The van der Waals surface area contributed by atoms with Gasteiger partial charge in [0.05, 0.1) is 0 Å². The molecule has 0 amide bonds. The fraction of sp³-hybridized carbons (Fsp3) is 1.00. The first kappa shape index (κ1) is 7.79. The first-order chi connectivity index (χ1) is 4.33. The number of piperidine rings is 1. The monoisotopic (exact) mass is 239 g/mol. The Morgan fingerprint density at radius 3 is 2.89 bits per heavy atom. The molecule has 1 rings (SSSR count). The summed E-state index contributed by atoms with van der Waals surface area (Å²) in [5, 5.41) is 0. The Bertz CT molecular complexity index is 85.0. The number of hydrogen-bond donors (Lipinski definition) is 0. The second-order valence-corrected chi connectivity index (χ2v) is 3.81. The third-order valence-corrected chi connectivity index (χ3v) is 3.19. The Morgan fingerprint density at radius 1 is 1.67 bits per heavy atom. The predicted molar refractivity (Wildman–Crippen MR) is 49.1 cm³/mol. The van der Waals surface area contributed by atoms with Gasteiger partial charge < -0.3 is 4.90 Å². The SMILES string of the molecule is CN1CCC[C@@H](CI)C1.